The fraction of sp³-hybridized carbons (Fsp3) is 0.200. The molecule has 0 saturated heterocycles. The van der Waals surface area contributed by atoms with Crippen LogP contribution >= 0.6 is 0 Å². The number of rotatable bonds is 0. The number of benzene rings is 2. The van der Waals surface area contributed by atoms with Crippen LogP contribution in [-0.4, -0.2) is 10.7 Å². The van der Waals surface area contributed by atoms with E-state index in [4.69, 9.17) is 0 Å². The Morgan fingerprint density at radius 2 is 1.50 bits per heavy atom. The Bertz CT molecular complexity index is 766. The van der Waals surface area contributed by atoms with E-state index in [-0.39, 0.29) is 5.41 Å². The maximum absolute atomic E-state index is 4.52. The molecule has 2 aromatic carbocycles. The van der Waals surface area contributed by atoms with Gasteiger partial charge in [-0.05, 0) is 30.7 Å². The Labute approximate surface area is 131 Å². The third-order valence-electron chi connectivity index (χ3n) is 4.28. The molecule has 0 fully saturated rings. The molecule has 0 amide bonds. The zero-order valence-corrected chi connectivity index (χ0v) is 13.2. The Balaban J connectivity index is 0.000000133. The highest BCUT2D eigenvalue weighted by molar-refractivity contribution is 5.99. The van der Waals surface area contributed by atoms with E-state index in [1.54, 1.807) is 0 Å². The molecule has 22 heavy (non-hydrogen) atoms. The lowest BCUT2D eigenvalue weighted by molar-refractivity contribution is 0.733. The number of aromatic nitrogens is 1. The minimum absolute atomic E-state index is 0.136. The van der Waals surface area contributed by atoms with E-state index in [1.165, 1.54) is 16.7 Å². The van der Waals surface area contributed by atoms with Gasteiger partial charge in [0.05, 0.1) is 11.2 Å². The second-order valence-electron chi connectivity index (χ2n) is 6.04. The standard InChI is InChI=1S/C11H13N.C9H7N/c1-8-11(2,3)9-6-4-5-7-10(9)12-8;1-2-6-9-8(4-1)5-3-7-10-9/h4-7H,1-3H3;1-7H. The monoisotopic (exact) mass is 288 g/mol. The predicted molar refractivity (Wildman–Crippen MR) is 94.0 cm³/mol. The van der Waals surface area contributed by atoms with Gasteiger partial charge >= 0.3 is 0 Å². The molecule has 1 aliphatic heterocycles. The maximum atomic E-state index is 4.52. The van der Waals surface area contributed by atoms with Crippen LogP contribution in [-0.2, 0) is 5.41 Å². The van der Waals surface area contributed by atoms with Gasteiger partial charge in [0, 0.05) is 22.7 Å². The molecular weight excluding hydrogens is 268 g/mol. The van der Waals surface area contributed by atoms with Crippen molar-refractivity contribution in [2.75, 3.05) is 0 Å². The molecule has 0 unspecified atom stereocenters. The number of pyridine rings is 1. The fourth-order valence-corrected chi connectivity index (χ4v) is 2.63. The Morgan fingerprint density at radius 1 is 0.818 bits per heavy atom. The summed E-state index contributed by atoms with van der Waals surface area (Å²) in [7, 11) is 0. The third-order valence-corrected chi connectivity index (χ3v) is 4.28. The molecule has 1 aliphatic rings. The summed E-state index contributed by atoms with van der Waals surface area (Å²) in [4.78, 5) is 8.70. The number of para-hydroxylation sites is 2. The molecule has 4 rings (SSSR count). The topological polar surface area (TPSA) is 25.2 Å². The van der Waals surface area contributed by atoms with Crippen molar-refractivity contribution in [2.45, 2.75) is 26.2 Å². The summed E-state index contributed by atoms with van der Waals surface area (Å²) in [5.41, 5.74) is 4.90. The second-order valence-corrected chi connectivity index (χ2v) is 6.04. The van der Waals surface area contributed by atoms with Crippen molar-refractivity contribution < 1.29 is 0 Å². The molecule has 0 radical (unpaired) electrons. The van der Waals surface area contributed by atoms with Gasteiger partial charge in [0.15, 0.2) is 0 Å². The number of hydrogen-bond acceptors (Lipinski definition) is 2. The SMILES string of the molecule is CC1=Nc2ccccc2C1(C)C.c1ccc2ncccc2c1. The lowest BCUT2D eigenvalue weighted by atomic mass is 9.82. The predicted octanol–water partition coefficient (Wildman–Crippen LogP) is 5.31. The molecule has 0 bridgehead atoms. The molecule has 110 valence electrons. The van der Waals surface area contributed by atoms with Gasteiger partial charge in [-0.1, -0.05) is 56.3 Å². The molecule has 2 heteroatoms. The van der Waals surface area contributed by atoms with Crippen molar-refractivity contribution in [1.82, 2.24) is 4.98 Å². The van der Waals surface area contributed by atoms with E-state index in [1.807, 2.05) is 36.5 Å². The number of nitrogens with zero attached hydrogens (tertiary/aromatic N) is 2. The van der Waals surface area contributed by atoms with Gasteiger partial charge in [0.2, 0.25) is 0 Å². The van der Waals surface area contributed by atoms with E-state index in [0.29, 0.717) is 0 Å². The van der Waals surface area contributed by atoms with Crippen LogP contribution in [0.2, 0.25) is 0 Å². The summed E-state index contributed by atoms with van der Waals surface area (Å²) in [6, 6.07) is 20.4. The smallest absolute Gasteiger partial charge is 0.0701 e. The van der Waals surface area contributed by atoms with Crippen LogP contribution in [0, 0.1) is 0 Å². The van der Waals surface area contributed by atoms with Gasteiger partial charge in [-0.3, -0.25) is 9.98 Å². The van der Waals surface area contributed by atoms with Gasteiger partial charge in [-0.15, -0.1) is 0 Å². The van der Waals surface area contributed by atoms with E-state index < -0.39 is 0 Å². The fourth-order valence-electron chi connectivity index (χ4n) is 2.63. The zero-order valence-electron chi connectivity index (χ0n) is 13.2. The average molecular weight is 288 g/mol. The lowest BCUT2D eigenvalue weighted by Gasteiger charge is -2.19. The van der Waals surface area contributed by atoms with Crippen LogP contribution in [0.4, 0.5) is 5.69 Å². The zero-order chi connectivity index (χ0) is 15.6. The van der Waals surface area contributed by atoms with E-state index >= 15 is 0 Å². The minimum Gasteiger partial charge on any atom is -0.257 e. The molecule has 3 aromatic rings. The molecular formula is C20H20N2. The summed E-state index contributed by atoms with van der Waals surface area (Å²) in [6.45, 7) is 6.54. The summed E-state index contributed by atoms with van der Waals surface area (Å²) >= 11 is 0. The van der Waals surface area contributed by atoms with Gasteiger partial charge < -0.3 is 0 Å². The first-order valence-corrected chi connectivity index (χ1v) is 7.54. The third kappa shape index (κ3) is 2.64. The Morgan fingerprint density at radius 3 is 2.27 bits per heavy atom. The van der Waals surface area contributed by atoms with E-state index in [2.05, 4.69) is 61.1 Å². The number of hydrogen-bond donors (Lipinski definition) is 0. The van der Waals surface area contributed by atoms with Crippen LogP contribution < -0.4 is 0 Å². The van der Waals surface area contributed by atoms with Gasteiger partial charge in [0.1, 0.15) is 0 Å². The molecule has 2 heterocycles. The summed E-state index contributed by atoms with van der Waals surface area (Å²) in [5, 5.41) is 1.20. The highest BCUT2D eigenvalue weighted by Crippen LogP contribution is 2.39. The van der Waals surface area contributed by atoms with Gasteiger partial charge in [-0.25, -0.2) is 0 Å². The Hall–Kier alpha value is -2.48. The normalized spacial score (nSPS) is 14.8. The number of fused-ring (bicyclic) bond motifs is 2. The summed E-state index contributed by atoms with van der Waals surface area (Å²) < 4.78 is 0. The van der Waals surface area contributed by atoms with Crippen molar-refractivity contribution in [3.05, 3.63) is 72.4 Å². The second kappa shape index (κ2) is 5.72. The summed E-state index contributed by atoms with van der Waals surface area (Å²) in [5.74, 6) is 0. The van der Waals surface area contributed by atoms with E-state index in [9.17, 15) is 0 Å². The lowest BCUT2D eigenvalue weighted by Crippen LogP contribution is -2.22. The molecule has 1 aromatic heterocycles. The van der Waals surface area contributed by atoms with Crippen LogP contribution in [0.25, 0.3) is 10.9 Å². The van der Waals surface area contributed by atoms with Gasteiger partial charge in [-0.2, -0.15) is 0 Å². The van der Waals surface area contributed by atoms with Crippen LogP contribution in [0.3, 0.4) is 0 Å². The maximum Gasteiger partial charge on any atom is 0.0701 e. The molecule has 0 N–H and O–H groups in total. The van der Waals surface area contributed by atoms with Crippen molar-refractivity contribution in [2.24, 2.45) is 4.99 Å². The van der Waals surface area contributed by atoms with Crippen molar-refractivity contribution in [3.8, 4) is 0 Å². The molecule has 0 aliphatic carbocycles. The first kappa shape index (κ1) is 14.5. The highest BCUT2D eigenvalue weighted by Gasteiger charge is 2.31. The van der Waals surface area contributed by atoms with Crippen molar-refractivity contribution in [1.29, 1.82) is 0 Å². The van der Waals surface area contributed by atoms with Gasteiger partial charge in [0.25, 0.3) is 0 Å². The van der Waals surface area contributed by atoms with Crippen LogP contribution in [0.5, 0.6) is 0 Å². The van der Waals surface area contributed by atoms with E-state index in [0.717, 1.165) is 11.2 Å². The summed E-state index contributed by atoms with van der Waals surface area (Å²) in [6.07, 6.45) is 1.81. The molecule has 0 saturated carbocycles. The van der Waals surface area contributed by atoms with Crippen LogP contribution in [0.1, 0.15) is 26.3 Å². The quantitative estimate of drug-likeness (QED) is 0.550. The molecule has 0 atom stereocenters. The molecule has 2 nitrogen and oxygen atoms in total. The largest absolute Gasteiger partial charge is 0.257 e. The Kier molecular flexibility index (Phi) is 3.76. The van der Waals surface area contributed by atoms with Crippen molar-refractivity contribution >= 4 is 22.3 Å². The van der Waals surface area contributed by atoms with Crippen molar-refractivity contribution in [3.63, 3.8) is 0 Å². The first-order valence-electron chi connectivity index (χ1n) is 7.54. The number of aliphatic imine (C=N–C) groups is 1. The minimum atomic E-state index is 0.136. The average Bonchev–Trinajstić information content (AvgIpc) is 2.78. The highest BCUT2D eigenvalue weighted by atomic mass is 14.8. The first-order chi connectivity index (χ1) is 10.6. The molecule has 0 spiro atoms. The van der Waals surface area contributed by atoms with Crippen LogP contribution in [0.15, 0.2) is 71.9 Å².